The van der Waals surface area contributed by atoms with Gasteiger partial charge in [0.15, 0.2) is 0 Å². The van der Waals surface area contributed by atoms with Crippen LogP contribution in [-0.4, -0.2) is 62.3 Å². The number of morpholine rings is 1. The lowest BCUT2D eigenvalue weighted by molar-refractivity contribution is 0.0374. The summed E-state index contributed by atoms with van der Waals surface area (Å²) in [5.74, 6) is 1.21. The van der Waals surface area contributed by atoms with Crippen molar-refractivity contribution in [1.82, 2.24) is 10.2 Å². The third-order valence-electron chi connectivity index (χ3n) is 2.66. The average Bonchev–Trinajstić information content (AvgIpc) is 2.26. The van der Waals surface area contributed by atoms with E-state index in [1.165, 1.54) is 18.7 Å². The molecule has 1 fully saturated rings. The topological polar surface area (TPSA) is 24.5 Å². The van der Waals surface area contributed by atoms with Crippen LogP contribution in [0.15, 0.2) is 0 Å². The van der Waals surface area contributed by atoms with E-state index in [4.69, 9.17) is 4.74 Å². The molecule has 15 heavy (non-hydrogen) atoms. The van der Waals surface area contributed by atoms with Crippen molar-refractivity contribution in [1.29, 1.82) is 0 Å². The lowest BCUT2D eigenvalue weighted by Crippen LogP contribution is -2.38. The molecule has 4 heteroatoms. The molecule has 0 aliphatic carbocycles. The first kappa shape index (κ1) is 13.3. The van der Waals surface area contributed by atoms with E-state index >= 15 is 0 Å². The maximum Gasteiger partial charge on any atom is 0.0594 e. The molecular weight excluding hydrogens is 208 g/mol. The van der Waals surface area contributed by atoms with Crippen molar-refractivity contribution in [2.24, 2.45) is 0 Å². The zero-order chi connectivity index (χ0) is 10.9. The van der Waals surface area contributed by atoms with Gasteiger partial charge >= 0.3 is 0 Å². The van der Waals surface area contributed by atoms with Gasteiger partial charge in [0.05, 0.1) is 13.2 Å². The van der Waals surface area contributed by atoms with Crippen molar-refractivity contribution in [3.63, 3.8) is 0 Å². The maximum atomic E-state index is 5.32. The van der Waals surface area contributed by atoms with Gasteiger partial charge in [0.1, 0.15) is 0 Å². The Morgan fingerprint density at radius 3 is 2.80 bits per heavy atom. The Morgan fingerprint density at radius 2 is 2.13 bits per heavy atom. The molecule has 0 bridgehead atoms. The molecule has 0 radical (unpaired) electrons. The van der Waals surface area contributed by atoms with Crippen LogP contribution in [0.1, 0.15) is 13.3 Å². The van der Waals surface area contributed by atoms with Crippen LogP contribution in [0, 0.1) is 0 Å². The van der Waals surface area contributed by atoms with E-state index in [-0.39, 0.29) is 0 Å². The Hall–Kier alpha value is 0.230. The standard InChI is InChI=1S/C11H24N2OS/c1-11(10-15-2)12-4-3-5-13-6-8-14-9-7-13/h11-12H,3-10H2,1-2H3. The fraction of sp³-hybridized carbons (Fsp3) is 1.00. The minimum atomic E-state index is 0.643. The monoisotopic (exact) mass is 232 g/mol. The molecule has 0 saturated carbocycles. The van der Waals surface area contributed by atoms with Gasteiger partial charge in [-0.25, -0.2) is 0 Å². The van der Waals surface area contributed by atoms with Crippen LogP contribution in [0.25, 0.3) is 0 Å². The van der Waals surface area contributed by atoms with Crippen molar-refractivity contribution < 1.29 is 4.74 Å². The van der Waals surface area contributed by atoms with E-state index in [0.717, 1.165) is 32.8 Å². The van der Waals surface area contributed by atoms with Crippen LogP contribution in [0.5, 0.6) is 0 Å². The minimum Gasteiger partial charge on any atom is -0.379 e. The van der Waals surface area contributed by atoms with Gasteiger partial charge in [-0.15, -0.1) is 0 Å². The number of hydrogen-bond donors (Lipinski definition) is 1. The molecule has 0 aromatic carbocycles. The van der Waals surface area contributed by atoms with Gasteiger partial charge in [-0.3, -0.25) is 4.90 Å². The molecule has 1 N–H and O–H groups in total. The lowest BCUT2D eigenvalue weighted by Gasteiger charge is -2.26. The van der Waals surface area contributed by atoms with Crippen molar-refractivity contribution >= 4 is 11.8 Å². The molecule has 0 aromatic rings. The summed E-state index contributed by atoms with van der Waals surface area (Å²) in [4.78, 5) is 2.49. The summed E-state index contributed by atoms with van der Waals surface area (Å²) in [5.41, 5.74) is 0. The molecule has 1 rings (SSSR count). The van der Waals surface area contributed by atoms with Gasteiger partial charge in [-0.2, -0.15) is 11.8 Å². The Kier molecular flexibility index (Phi) is 7.44. The Balaban J connectivity index is 1.91. The molecule has 1 aliphatic rings. The van der Waals surface area contributed by atoms with Crippen LogP contribution in [0.3, 0.4) is 0 Å². The third kappa shape index (κ3) is 6.40. The number of thioether (sulfide) groups is 1. The highest BCUT2D eigenvalue weighted by Crippen LogP contribution is 1.99. The average molecular weight is 232 g/mol. The first-order chi connectivity index (χ1) is 7.33. The van der Waals surface area contributed by atoms with Crippen LogP contribution >= 0.6 is 11.8 Å². The second-order valence-electron chi connectivity index (χ2n) is 4.12. The second kappa shape index (κ2) is 8.39. The molecule has 1 aliphatic heterocycles. The molecule has 0 aromatic heterocycles. The second-order valence-corrected chi connectivity index (χ2v) is 5.03. The predicted molar refractivity (Wildman–Crippen MR) is 67.7 cm³/mol. The van der Waals surface area contributed by atoms with Gasteiger partial charge in [0.25, 0.3) is 0 Å². The van der Waals surface area contributed by atoms with Crippen LogP contribution < -0.4 is 5.32 Å². The number of hydrogen-bond acceptors (Lipinski definition) is 4. The summed E-state index contributed by atoms with van der Waals surface area (Å²) in [5, 5.41) is 3.54. The number of nitrogens with zero attached hydrogens (tertiary/aromatic N) is 1. The maximum absolute atomic E-state index is 5.32. The zero-order valence-electron chi connectivity index (χ0n) is 10.00. The molecule has 1 heterocycles. The highest BCUT2D eigenvalue weighted by atomic mass is 32.2. The predicted octanol–water partition coefficient (Wildman–Crippen LogP) is 1.05. The molecule has 0 spiro atoms. The van der Waals surface area contributed by atoms with E-state index in [2.05, 4.69) is 23.4 Å². The van der Waals surface area contributed by atoms with Gasteiger partial charge in [0, 0.05) is 24.9 Å². The van der Waals surface area contributed by atoms with Gasteiger partial charge in [-0.05, 0) is 32.7 Å². The van der Waals surface area contributed by atoms with Gasteiger partial charge in [-0.1, -0.05) is 0 Å². The van der Waals surface area contributed by atoms with Crippen molar-refractivity contribution in [2.75, 3.05) is 51.4 Å². The summed E-state index contributed by atoms with van der Waals surface area (Å²) in [6.45, 7) is 8.65. The molecule has 1 unspecified atom stereocenters. The quantitative estimate of drug-likeness (QED) is 0.663. The summed E-state index contributed by atoms with van der Waals surface area (Å²) < 4.78 is 5.32. The molecule has 3 nitrogen and oxygen atoms in total. The lowest BCUT2D eigenvalue weighted by atomic mass is 10.3. The third-order valence-corrected chi connectivity index (χ3v) is 3.50. The Bertz CT molecular complexity index is 152. The SMILES string of the molecule is CSCC(C)NCCCN1CCOCC1. The summed E-state index contributed by atoms with van der Waals surface area (Å²) in [6, 6.07) is 0.643. The van der Waals surface area contributed by atoms with E-state index < -0.39 is 0 Å². The van der Waals surface area contributed by atoms with Crippen LogP contribution in [0.2, 0.25) is 0 Å². The Morgan fingerprint density at radius 1 is 1.40 bits per heavy atom. The summed E-state index contributed by atoms with van der Waals surface area (Å²) in [7, 11) is 0. The first-order valence-electron chi connectivity index (χ1n) is 5.85. The highest BCUT2D eigenvalue weighted by molar-refractivity contribution is 7.98. The minimum absolute atomic E-state index is 0.643. The largest absolute Gasteiger partial charge is 0.379 e. The first-order valence-corrected chi connectivity index (χ1v) is 7.24. The van der Waals surface area contributed by atoms with E-state index in [0.29, 0.717) is 6.04 Å². The van der Waals surface area contributed by atoms with E-state index in [9.17, 15) is 0 Å². The number of rotatable bonds is 7. The number of nitrogens with one attached hydrogen (secondary N) is 1. The Labute approximate surface area is 97.9 Å². The fourth-order valence-electron chi connectivity index (χ4n) is 1.78. The van der Waals surface area contributed by atoms with Crippen molar-refractivity contribution in [3.05, 3.63) is 0 Å². The molecule has 90 valence electrons. The molecule has 1 atom stereocenters. The zero-order valence-corrected chi connectivity index (χ0v) is 10.8. The van der Waals surface area contributed by atoms with E-state index in [1.54, 1.807) is 0 Å². The van der Waals surface area contributed by atoms with Crippen LogP contribution in [0.4, 0.5) is 0 Å². The fourth-order valence-corrected chi connectivity index (χ4v) is 2.40. The summed E-state index contributed by atoms with van der Waals surface area (Å²) >= 11 is 1.91. The van der Waals surface area contributed by atoms with Crippen LogP contribution in [-0.2, 0) is 4.74 Å². The number of ether oxygens (including phenoxy) is 1. The van der Waals surface area contributed by atoms with Crippen molar-refractivity contribution in [3.8, 4) is 0 Å². The van der Waals surface area contributed by atoms with Gasteiger partial charge in [0.2, 0.25) is 0 Å². The van der Waals surface area contributed by atoms with E-state index in [1.807, 2.05) is 11.8 Å². The molecule has 1 saturated heterocycles. The highest BCUT2D eigenvalue weighted by Gasteiger charge is 2.09. The smallest absolute Gasteiger partial charge is 0.0594 e. The van der Waals surface area contributed by atoms with Gasteiger partial charge < -0.3 is 10.1 Å². The summed E-state index contributed by atoms with van der Waals surface area (Å²) in [6.07, 6.45) is 3.41. The molecular formula is C11H24N2OS. The van der Waals surface area contributed by atoms with Crippen molar-refractivity contribution in [2.45, 2.75) is 19.4 Å². The molecule has 0 amide bonds. The normalized spacial score (nSPS) is 20.4.